The van der Waals surface area contributed by atoms with Gasteiger partial charge in [0.2, 0.25) is 0 Å². The smallest absolute Gasteiger partial charge is 0.423 e. The van der Waals surface area contributed by atoms with E-state index >= 15 is 0 Å². The van der Waals surface area contributed by atoms with E-state index in [1.807, 2.05) is 12.1 Å². The summed E-state index contributed by atoms with van der Waals surface area (Å²) in [6.45, 7) is 6.86. The minimum atomic E-state index is -1.37. The molecule has 19 heavy (non-hydrogen) atoms. The molecule has 1 saturated heterocycles. The third-order valence-electron chi connectivity index (χ3n) is 4.08. The Morgan fingerprint density at radius 1 is 1.16 bits per heavy atom. The van der Waals surface area contributed by atoms with Crippen LogP contribution in [0, 0.1) is 5.92 Å². The standard InChI is InChI=1S/C14H22BNO2.ClH/c1-11-7-9-16(10-8-11)12(2)13-3-5-14(6-4-13)15(17)18;/h3-6,11-12,17-18H,7-10H2,1-2H3;1H. The van der Waals surface area contributed by atoms with E-state index in [9.17, 15) is 0 Å². The molecular formula is C14H23BClNO2. The lowest BCUT2D eigenvalue weighted by molar-refractivity contribution is 0.147. The van der Waals surface area contributed by atoms with Crippen LogP contribution in [0.3, 0.4) is 0 Å². The number of benzene rings is 1. The van der Waals surface area contributed by atoms with E-state index in [1.54, 1.807) is 12.1 Å². The molecule has 2 rings (SSSR count). The van der Waals surface area contributed by atoms with Gasteiger partial charge in [-0.1, -0.05) is 31.2 Å². The van der Waals surface area contributed by atoms with Gasteiger partial charge in [-0.15, -0.1) is 12.4 Å². The molecule has 1 aromatic rings. The third kappa shape index (κ3) is 4.21. The van der Waals surface area contributed by atoms with Gasteiger partial charge in [-0.25, -0.2) is 0 Å². The first-order valence-corrected chi connectivity index (χ1v) is 6.78. The lowest BCUT2D eigenvalue weighted by Gasteiger charge is -2.35. The Labute approximate surface area is 122 Å². The van der Waals surface area contributed by atoms with Crippen LogP contribution in [-0.4, -0.2) is 35.2 Å². The lowest BCUT2D eigenvalue weighted by atomic mass is 9.80. The Morgan fingerprint density at radius 2 is 1.68 bits per heavy atom. The minimum absolute atomic E-state index is 0. The summed E-state index contributed by atoms with van der Waals surface area (Å²) in [6, 6.07) is 7.99. The molecule has 5 heteroatoms. The normalized spacial score (nSPS) is 18.7. The van der Waals surface area contributed by atoms with Crippen LogP contribution < -0.4 is 5.46 Å². The van der Waals surface area contributed by atoms with E-state index in [4.69, 9.17) is 10.0 Å². The van der Waals surface area contributed by atoms with Crippen molar-refractivity contribution in [3.05, 3.63) is 29.8 Å². The predicted octanol–water partition coefficient (Wildman–Crippen LogP) is 1.58. The summed E-state index contributed by atoms with van der Waals surface area (Å²) >= 11 is 0. The van der Waals surface area contributed by atoms with Crippen molar-refractivity contribution in [1.82, 2.24) is 4.90 Å². The van der Waals surface area contributed by atoms with Crippen LogP contribution in [0.15, 0.2) is 24.3 Å². The van der Waals surface area contributed by atoms with Gasteiger partial charge in [0, 0.05) is 6.04 Å². The van der Waals surface area contributed by atoms with Crippen molar-refractivity contribution in [3.8, 4) is 0 Å². The Balaban J connectivity index is 0.00000180. The van der Waals surface area contributed by atoms with Crippen molar-refractivity contribution >= 4 is 25.0 Å². The van der Waals surface area contributed by atoms with Crippen LogP contribution in [0.1, 0.15) is 38.3 Å². The van der Waals surface area contributed by atoms with Gasteiger partial charge < -0.3 is 10.0 Å². The Morgan fingerprint density at radius 3 is 2.16 bits per heavy atom. The molecule has 0 saturated carbocycles. The Kier molecular flexibility index (Phi) is 6.34. The van der Waals surface area contributed by atoms with Crippen molar-refractivity contribution in [2.24, 2.45) is 5.92 Å². The van der Waals surface area contributed by atoms with Crippen molar-refractivity contribution in [2.45, 2.75) is 32.7 Å². The van der Waals surface area contributed by atoms with Crippen molar-refractivity contribution in [2.75, 3.05) is 13.1 Å². The Hall–Kier alpha value is -0.545. The molecule has 106 valence electrons. The second-order valence-corrected chi connectivity index (χ2v) is 5.43. The average molecular weight is 284 g/mol. The first kappa shape index (κ1) is 16.5. The zero-order valence-electron chi connectivity index (χ0n) is 11.6. The molecular weight excluding hydrogens is 260 g/mol. The fourth-order valence-electron chi connectivity index (χ4n) is 2.57. The summed E-state index contributed by atoms with van der Waals surface area (Å²) in [5.41, 5.74) is 1.80. The van der Waals surface area contributed by atoms with Gasteiger partial charge in [0.25, 0.3) is 0 Å². The van der Waals surface area contributed by atoms with E-state index in [0.29, 0.717) is 11.5 Å². The molecule has 1 fully saturated rings. The number of nitrogens with zero attached hydrogens (tertiary/aromatic N) is 1. The summed E-state index contributed by atoms with van der Waals surface area (Å²) in [5, 5.41) is 18.2. The molecule has 1 atom stereocenters. The molecule has 1 heterocycles. The molecule has 2 N–H and O–H groups in total. The number of likely N-dealkylation sites (tertiary alicyclic amines) is 1. The van der Waals surface area contributed by atoms with Crippen molar-refractivity contribution < 1.29 is 10.0 Å². The minimum Gasteiger partial charge on any atom is -0.423 e. The highest BCUT2D eigenvalue weighted by atomic mass is 35.5. The highest BCUT2D eigenvalue weighted by Crippen LogP contribution is 2.25. The first-order valence-electron chi connectivity index (χ1n) is 6.78. The first-order chi connectivity index (χ1) is 8.58. The maximum atomic E-state index is 9.08. The summed E-state index contributed by atoms with van der Waals surface area (Å²) in [4.78, 5) is 2.50. The maximum Gasteiger partial charge on any atom is 0.488 e. The molecule has 0 aliphatic carbocycles. The monoisotopic (exact) mass is 283 g/mol. The number of hydrogen-bond donors (Lipinski definition) is 2. The van der Waals surface area contributed by atoms with Gasteiger partial charge in [0.1, 0.15) is 0 Å². The molecule has 0 radical (unpaired) electrons. The molecule has 1 unspecified atom stereocenters. The van der Waals surface area contributed by atoms with Gasteiger partial charge in [0.05, 0.1) is 0 Å². The quantitative estimate of drug-likeness (QED) is 0.828. The molecule has 1 aliphatic heterocycles. The zero-order chi connectivity index (χ0) is 13.1. The topological polar surface area (TPSA) is 43.7 Å². The number of halogens is 1. The van der Waals surface area contributed by atoms with E-state index in [-0.39, 0.29) is 12.4 Å². The van der Waals surface area contributed by atoms with E-state index in [1.165, 1.54) is 18.4 Å². The summed E-state index contributed by atoms with van der Waals surface area (Å²) < 4.78 is 0. The van der Waals surface area contributed by atoms with Crippen molar-refractivity contribution in [3.63, 3.8) is 0 Å². The summed E-state index contributed by atoms with van der Waals surface area (Å²) in [5.74, 6) is 0.848. The van der Waals surface area contributed by atoms with Gasteiger partial charge in [-0.2, -0.15) is 0 Å². The van der Waals surface area contributed by atoms with E-state index in [2.05, 4.69) is 18.7 Å². The van der Waals surface area contributed by atoms with Crippen molar-refractivity contribution in [1.29, 1.82) is 0 Å². The molecule has 1 aliphatic rings. The lowest BCUT2D eigenvalue weighted by Crippen LogP contribution is -2.35. The number of hydrogen-bond acceptors (Lipinski definition) is 3. The fraction of sp³-hybridized carbons (Fsp3) is 0.571. The predicted molar refractivity (Wildman–Crippen MR) is 81.9 cm³/mol. The molecule has 0 amide bonds. The van der Waals surface area contributed by atoms with Gasteiger partial charge >= 0.3 is 7.12 Å². The molecule has 1 aromatic carbocycles. The second kappa shape index (κ2) is 7.29. The number of rotatable bonds is 3. The highest BCUT2D eigenvalue weighted by Gasteiger charge is 2.21. The maximum absolute atomic E-state index is 9.08. The fourth-order valence-corrected chi connectivity index (χ4v) is 2.57. The SMILES string of the molecule is CC1CCN(C(C)c2ccc(B(O)O)cc2)CC1.Cl. The van der Waals surface area contributed by atoms with E-state index in [0.717, 1.165) is 19.0 Å². The Bertz CT molecular complexity index is 378. The van der Waals surface area contributed by atoms with Crippen LogP contribution in [0.4, 0.5) is 0 Å². The van der Waals surface area contributed by atoms with Crippen LogP contribution in [0.25, 0.3) is 0 Å². The zero-order valence-corrected chi connectivity index (χ0v) is 12.4. The molecule has 0 bridgehead atoms. The van der Waals surface area contributed by atoms with Crippen LogP contribution in [0.2, 0.25) is 0 Å². The molecule has 0 aromatic heterocycles. The third-order valence-corrected chi connectivity index (χ3v) is 4.08. The summed E-state index contributed by atoms with van der Waals surface area (Å²) in [6.07, 6.45) is 2.55. The van der Waals surface area contributed by atoms with Crippen LogP contribution in [0.5, 0.6) is 0 Å². The molecule has 0 spiro atoms. The average Bonchev–Trinajstić information content (AvgIpc) is 2.39. The second-order valence-electron chi connectivity index (χ2n) is 5.43. The highest BCUT2D eigenvalue weighted by molar-refractivity contribution is 6.58. The van der Waals surface area contributed by atoms with Gasteiger partial charge in [-0.05, 0) is 49.8 Å². The summed E-state index contributed by atoms with van der Waals surface area (Å²) in [7, 11) is -1.37. The van der Waals surface area contributed by atoms with Crippen LogP contribution in [-0.2, 0) is 0 Å². The van der Waals surface area contributed by atoms with Gasteiger partial charge in [-0.3, -0.25) is 4.90 Å². The van der Waals surface area contributed by atoms with Crippen LogP contribution >= 0.6 is 12.4 Å². The molecule has 3 nitrogen and oxygen atoms in total. The van der Waals surface area contributed by atoms with Gasteiger partial charge in [0.15, 0.2) is 0 Å². The number of piperidine rings is 1. The van der Waals surface area contributed by atoms with E-state index < -0.39 is 7.12 Å². The largest absolute Gasteiger partial charge is 0.488 e.